The summed E-state index contributed by atoms with van der Waals surface area (Å²) in [5.41, 5.74) is 6.58. The number of pyridine rings is 1. The molecular weight excluding hydrogens is 360 g/mol. The predicted octanol–water partition coefficient (Wildman–Crippen LogP) is 1.82. The number of hydrogen-bond donors (Lipinski definition) is 2. The molecule has 2 heterocycles. The number of carbonyl (C=O) groups excluding carboxylic acids is 3. The van der Waals surface area contributed by atoms with Crippen molar-refractivity contribution in [3.63, 3.8) is 0 Å². The van der Waals surface area contributed by atoms with Crippen LogP contribution in [0.15, 0.2) is 42.6 Å². The van der Waals surface area contributed by atoms with Gasteiger partial charge in [-0.2, -0.15) is 0 Å². The molecule has 0 radical (unpaired) electrons. The number of nitrogens with zero attached hydrogens (tertiary/aromatic N) is 2. The second kappa shape index (κ2) is 8.51. The van der Waals surface area contributed by atoms with E-state index >= 15 is 0 Å². The molecule has 0 aliphatic carbocycles. The van der Waals surface area contributed by atoms with Gasteiger partial charge in [-0.05, 0) is 43.2 Å². The number of likely N-dealkylation sites (tertiary alicyclic amines) is 1. The van der Waals surface area contributed by atoms with Gasteiger partial charge in [0.1, 0.15) is 17.5 Å². The third kappa shape index (κ3) is 4.85. The maximum Gasteiger partial charge on any atom is 0.267 e. The number of amides is 3. The van der Waals surface area contributed by atoms with Crippen LogP contribution in [0.1, 0.15) is 40.6 Å². The first-order chi connectivity index (χ1) is 13.4. The van der Waals surface area contributed by atoms with Crippen LogP contribution in [-0.4, -0.2) is 46.8 Å². The summed E-state index contributed by atoms with van der Waals surface area (Å²) in [6.45, 7) is 2.53. The van der Waals surface area contributed by atoms with Gasteiger partial charge in [0.05, 0.1) is 6.54 Å². The summed E-state index contributed by atoms with van der Waals surface area (Å²) in [4.78, 5) is 40.8. The van der Waals surface area contributed by atoms with E-state index in [2.05, 4.69) is 10.3 Å². The van der Waals surface area contributed by atoms with Crippen LogP contribution in [-0.2, 0) is 4.79 Å². The Bertz CT molecular complexity index is 882. The first-order valence-corrected chi connectivity index (χ1v) is 9.02. The van der Waals surface area contributed by atoms with Crippen molar-refractivity contribution >= 4 is 23.4 Å². The van der Waals surface area contributed by atoms with Gasteiger partial charge in [-0.1, -0.05) is 0 Å². The van der Waals surface area contributed by atoms with Crippen molar-refractivity contribution < 1.29 is 19.1 Å². The number of rotatable bonds is 5. The molecule has 1 unspecified atom stereocenters. The van der Waals surface area contributed by atoms with E-state index in [0.29, 0.717) is 30.1 Å². The summed E-state index contributed by atoms with van der Waals surface area (Å²) in [5.74, 6) is -0.364. The summed E-state index contributed by atoms with van der Waals surface area (Å²) in [5, 5.41) is 2.68. The quantitative estimate of drug-likeness (QED) is 0.819. The summed E-state index contributed by atoms with van der Waals surface area (Å²) in [6.07, 6.45) is 2.91. The van der Waals surface area contributed by atoms with E-state index in [1.54, 1.807) is 35.2 Å². The van der Waals surface area contributed by atoms with E-state index in [1.165, 1.54) is 19.2 Å². The van der Waals surface area contributed by atoms with E-state index in [9.17, 15) is 14.4 Å². The van der Waals surface area contributed by atoms with Crippen LogP contribution in [0.25, 0.3) is 0 Å². The molecule has 8 heteroatoms. The van der Waals surface area contributed by atoms with Crippen molar-refractivity contribution in [1.29, 1.82) is 0 Å². The molecule has 3 rings (SSSR count). The van der Waals surface area contributed by atoms with E-state index in [4.69, 9.17) is 10.5 Å². The van der Waals surface area contributed by atoms with Crippen molar-refractivity contribution in [3.8, 4) is 5.75 Å². The molecule has 1 aromatic carbocycles. The molecule has 146 valence electrons. The number of aromatic nitrogens is 1. The molecule has 0 spiro atoms. The SMILES string of the molecule is CC(=O)Nc1ccc(C(=O)N2CCCC(Oc3ccnc(C(N)=O)c3)C2)cc1. The molecule has 2 aromatic rings. The zero-order valence-electron chi connectivity index (χ0n) is 15.6. The maximum atomic E-state index is 12.8. The molecule has 1 aromatic heterocycles. The van der Waals surface area contributed by atoms with Gasteiger partial charge in [-0.3, -0.25) is 19.4 Å². The van der Waals surface area contributed by atoms with E-state index in [1.807, 2.05) is 0 Å². The van der Waals surface area contributed by atoms with Gasteiger partial charge in [0.25, 0.3) is 11.8 Å². The van der Waals surface area contributed by atoms with Gasteiger partial charge >= 0.3 is 0 Å². The lowest BCUT2D eigenvalue weighted by Gasteiger charge is -2.33. The number of hydrogen-bond acceptors (Lipinski definition) is 5. The maximum absolute atomic E-state index is 12.8. The molecule has 8 nitrogen and oxygen atoms in total. The second-order valence-corrected chi connectivity index (χ2v) is 6.63. The van der Waals surface area contributed by atoms with Crippen LogP contribution >= 0.6 is 0 Å². The van der Waals surface area contributed by atoms with Crippen molar-refractivity contribution in [2.24, 2.45) is 5.73 Å². The fourth-order valence-corrected chi connectivity index (χ4v) is 3.11. The van der Waals surface area contributed by atoms with Crippen LogP contribution in [0, 0.1) is 0 Å². The minimum Gasteiger partial charge on any atom is -0.488 e. The zero-order valence-corrected chi connectivity index (χ0v) is 15.6. The number of nitrogens with one attached hydrogen (secondary N) is 1. The molecule has 1 atom stereocenters. The van der Waals surface area contributed by atoms with Gasteiger partial charge in [0, 0.05) is 37.0 Å². The first-order valence-electron chi connectivity index (χ1n) is 9.02. The lowest BCUT2D eigenvalue weighted by atomic mass is 10.1. The van der Waals surface area contributed by atoms with Gasteiger partial charge < -0.3 is 20.7 Å². The molecule has 28 heavy (non-hydrogen) atoms. The lowest BCUT2D eigenvalue weighted by molar-refractivity contribution is -0.114. The van der Waals surface area contributed by atoms with Crippen molar-refractivity contribution in [3.05, 3.63) is 53.9 Å². The normalized spacial score (nSPS) is 16.3. The topological polar surface area (TPSA) is 115 Å². The average Bonchev–Trinajstić information content (AvgIpc) is 2.68. The van der Waals surface area contributed by atoms with Gasteiger partial charge in [-0.25, -0.2) is 0 Å². The Kier molecular flexibility index (Phi) is 5.88. The summed E-state index contributed by atoms with van der Waals surface area (Å²) in [6, 6.07) is 9.96. The van der Waals surface area contributed by atoms with Crippen LogP contribution in [0.4, 0.5) is 5.69 Å². The highest BCUT2D eigenvalue weighted by atomic mass is 16.5. The Morgan fingerprint density at radius 1 is 1.21 bits per heavy atom. The first kappa shape index (κ1) is 19.3. The third-order valence-corrected chi connectivity index (χ3v) is 4.40. The van der Waals surface area contributed by atoms with Gasteiger partial charge in [0.15, 0.2) is 0 Å². The molecule has 0 bridgehead atoms. The smallest absolute Gasteiger partial charge is 0.267 e. The molecular formula is C20H22N4O4. The summed E-state index contributed by atoms with van der Waals surface area (Å²) < 4.78 is 5.94. The van der Waals surface area contributed by atoms with Crippen LogP contribution < -0.4 is 15.8 Å². The standard InChI is InChI=1S/C20H22N4O4/c1-13(25)23-15-6-4-14(5-7-15)20(27)24-10-2-3-17(12-24)28-16-8-9-22-18(11-16)19(21)26/h4-9,11,17H,2-3,10,12H2,1H3,(H2,21,26)(H,23,25). The Labute approximate surface area is 162 Å². The van der Waals surface area contributed by atoms with E-state index < -0.39 is 5.91 Å². The molecule has 3 N–H and O–H groups in total. The number of primary amides is 1. The molecule has 1 fully saturated rings. The Morgan fingerprint density at radius 3 is 2.64 bits per heavy atom. The van der Waals surface area contributed by atoms with Crippen LogP contribution in [0.5, 0.6) is 5.75 Å². The lowest BCUT2D eigenvalue weighted by Crippen LogP contribution is -2.44. The Morgan fingerprint density at radius 2 is 1.96 bits per heavy atom. The number of ether oxygens (including phenoxy) is 1. The highest BCUT2D eigenvalue weighted by Crippen LogP contribution is 2.21. The van der Waals surface area contributed by atoms with Gasteiger partial charge in [-0.15, -0.1) is 0 Å². The van der Waals surface area contributed by atoms with Crippen molar-refractivity contribution in [2.45, 2.75) is 25.9 Å². The highest BCUT2D eigenvalue weighted by Gasteiger charge is 2.26. The van der Waals surface area contributed by atoms with E-state index in [-0.39, 0.29) is 23.6 Å². The molecule has 1 saturated heterocycles. The number of piperidine rings is 1. The second-order valence-electron chi connectivity index (χ2n) is 6.63. The molecule has 0 saturated carbocycles. The third-order valence-electron chi connectivity index (χ3n) is 4.40. The predicted molar refractivity (Wildman–Crippen MR) is 103 cm³/mol. The zero-order chi connectivity index (χ0) is 20.1. The Hall–Kier alpha value is -3.42. The number of nitrogens with two attached hydrogens (primary N) is 1. The van der Waals surface area contributed by atoms with E-state index in [0.717, 1.165) is 12.8 Å². The van der Waals surface area contributed by atoms with Crippen LogP contribution in [0.2, 0.25) is 0 Å². The summed E-state index contributed by atoms with van der Waals surface area (Å²) in [7, 11) is 0. The molecule has 1 aliphatic rings. The number of anilines is 1. The van der Waals surface area contributed by atoms with Crippen molar-refractivity contribution in [1.82, 2.24) is 9.88 Å². The van der Waals surface area contributed by atoms with Crippen LogP contribution in [0.3, 0.4) is 0 Å². The number of benzene rings is 1. The monoisotopic (exact) mass is 382 g/mol. The van der Waals surface area contributed by atoms with Gasteiger partial charge in [0.2, 0.25) is 5.91 Å². The summed E-state index contributed by atoms with van der Waals surface area (Å²) >= 11 is 0. The average molecular weight is 382 g/mol. The van der Waals surface area contributed by atoms with Crippen molar-refractivity contribution in [2.75, 3.05) is 18.4 Å². The minimum atomic E-state index is -0.617. The minimum absolute atomic E-state index is 0.0878. The molecule has 1 aliphatic heterocycles. The fourth-order valence-electron chi connectivity index (χ4n) is 3.11. The highest BCUT2D eigenvalue weighted by molar-refractivity contribution is 5.95. The Balaban J connectivity index is 1.64. The fraction of sp³-hybridized carbons (Fsp3) is 0.300. The number of carbonyl (C=O) groups is 3. The molecule has 3 amide bonds. The largest absolute Gasteiger partial charge is 0.488 e.